The summed E-state index contributed by atoms with van der Waals surface area (Å²) in [6.07, 6.45) is 0. The van der Waals surface area contributed by atoms with E-state index in [4.69, 9.17) is 14.4 Å². The second kappa shape index (κ2) is 6.75. The van der Waals surface area contributed by atoms with Gasteiger partial charge < -0.3 is 19.7 Å². The van der Waals surface area contributed by atoms with E-state index in [1.54, 1.807) is 32.0 Å². The van der Waals surface area contributed by atoms with Gasteiger partial charge in [0.15, 0.2) is 6.61 Å². The molecule has 0 bridgehead atoms. The van der Waals surface area contributed by atoms with Crippen LogP contribution in [0, 0.1) is 13.8 Å². The van der Waals surface area contributed by atoms with E-state index in [0.29, 0.717) is 23.6 Å². The number of aryl methyl sites for hydroxylation is 2. The Balaban J connectivity index is 2.00. The predicted molar refractivity (Wildman–Crippen MR) is 76.7 cm³/mol. The van der Waals surface area contributed by atoms with Crippen molar-refractivity contribution in [2.24, 2.45) is 0 Å². The number of hydrogen-bond donors (Lipinski definition) is 2. The third-order valence-electron chi connectivity index (χ3n) is 3.07. The van der Waals surface area contributed by atoms with E-state index in [1.807, 2.05) is 0 Å². The number of rotatable bonds is 6. The fourth-order valence-corrected chi connectivity index (χ4v) is 1.90. The van der Waals surface area contributed by atoms with Crippen LogP contribution in [0.15, 0.2) is 28.8 Å². The Labute approximate surface area is 126 Å². The lowest BCUT2D eigenvalue weighted by Gasteiger charge is -2.07. The molecule has 0 spiro atoms. The maximum atomic E-state index is 12.1. The third-order valence-corrected chi connectivity index (χ3v) is 3.07. The Bertz CT molecular complexity index is 673. The summed E-state index contributed by atoms with van der Waals surface area (Å²) in [5.74, 6) is -0.377. The van der Waals surface area contributed by atoms with Gasteiger partial charge in [-0.1, -0.05) is 11.2 Å². The summed E-state index contributed by atoms with van der Waals surface area (Å²) in [4.78, 5) is 22.6. The van der Waals surface area contributed by atoms with Crippen LogP contribution in [0.5, 0.6) is 5.75 Å². The summed E-state index contributed by atoms with van der Waals surface area (Å²) in [5.41, 5.74) is 1.96. The molecule has 116 valence electrons. The van der Waals surface area contributed by atoms with Crippen molar-refractivity contribution in [1.29, 1.82) is 0 Å². The zero-order chi connectivity index (χ0) is 16.1. The van der Waals surface area contributed by atoms with E-state index in [9.17, 15) is 9.59 Å². The Morgan fingerprint density at radius 2 is 2.14 bits per heavy atom. The second-order valence-corrected chi connectivity index (χ2v) is 4.70. The van der Waals surface area contributed by atoms with Gasteiger partial charge >= 0.3 is 5.97 Å². The third kappa shape index (κ3) is 3.85. The Kier molecular flexibility index (Phi) is 4.77. The van der Waals surface area contributed by atoms with Gasteiger partial charge in [-0.2, -0.15) is 0 Å². The average molecular weight is 304 g/mol. The largest absolute Gasteiger partial charge is 0.482 e. The zero-order valence-electron chi connectivity index (χ0n) is 12.3. The maximum absolute atomic E-state index is 12.1. The highest BCUT2D eigenvalue weighted by Gasteiger charge is 2.12. The van der Waals surface area contributed by atoms with E-state index in [1.165, 1.54) is 6.07 Å². The lowest BCUT2D eigenvalue weighted by molar-refractivity contribution is -0.139. The number of carbonyl (C=O) groups is 2. The molecule has 1 aromatic carbocycles. The SMILES string of the molecule is Cc1noc(C)c1CNC(=O)c1cccc(OCC(=O)O)c1. The van der Waals surface area contributed by atoms with Crippen LogP contribution in [-0.2, 0) is 11.3 Å². The van der Waals surface area contributed by atoms with Crippen LogP contribution in [0.1, 0.15) is 27.4 Å². The number of ether oxygens (including phenoxy) is 1. The van der Waals surface area contributed by atoms with E-state index in [0.717, 1.165) is 11.3 Å². The van der Waals surface area contributed by atoms with E-state index in [2.05, 4.69) is 10.5 Å². The number of nitrogens with one attached hydrogen (secondary N) is 1. The normalized spacial score (nSPS) is 10.3. The first kappa shape index (κ1) is 15.6. The highest BCUT2D eigenvalue weighted by molar-refractivity contribution is 5.94. The molecule has 0 aliphatic carbocycles. The molecular weight excluding hydrogens is 288 g/mol. The van der Waals surface area contributed by atoms with E-state index < -0.39 is 12.6 Å². The molecule has 7 nitrogen and oxygen atoms in total. The molecule has 22 heavy (non-hydrogen) atoms. The first-order chi connectivity index (χ1) is 10.5. The highest BCUT2D eigenvalue weighted by Crippen LogP contribution is 2.15. The summed E-state index contributed by atoms with van der Waals surface area (Å²) >= 11 is 0. The van der Waals surface area contributed by atoms with Gasteiger partial charge in [0.05, 0.1) is 5.69 Å². The van der Waals surface area contributed by atoms with Gasteiger partial charge in [-0.3, -0.25) is 4.79 Å². The Morgan fingerprint density at radius 3 is 2.77 bits per heavy atom. The van der Waals surface area contributed by atoms with Crippen molar-refractivity contribution >= 4 is 11.9 Å². The molecule has 1 aromatic heterocycles. The molecule has 0 unspecified atom stereocenters. The average Bonchev–Trinajstić information content (AvgIpc) is 2.82. The number of aliphatic carboxylic acids is 1. The minimum atomic E-state index is -1.08. The quantitative estimate of drug-likeness (QED) is 0.842. The van der Waals surface area contributed by atoms with Crippen LogP contribution < -0.4 is 10.1 Å². The van der Waals surface area contributed by atoms with Crippen molar-refractivity contribution in [3.63, 3.8) is 0 Å². The second-order valence-electron chi connectivity index (χ2n) is 4.70. The van der Waals surface area contributed by atoms with Gasteiger partial charge in [-0.05, 0) is 32.0 Å². The van der Waals surface area contributed by atoms with Crippen molar-refractivity contribution in [3.05, 3.63) is 46.8 Å². The molecule has 2 rings (SSSR count). The number of carbonyl (C=O) groups excluding carboxylic acids is 1. The number of carboxylic acid groups (broad SMARTS) is 1. The van der Waals surface area contributed by atoms with Crippen LogP contribution >= 0.6 is 0 Å². The molecular formula is C15H16N2O5. The van der Waals surface area contributed by atoms with Crippen molar-refractivity contribution in [2.75, 3.05) is 6.61 Å². The predicted octanol–water partition coefficient (Wildman–Crippen LogP) is 1.68. The van der Waals surface area contributed by atoms with Gasteiger partial charge in [0.2, 0.25) is 0 Å². The number of hydrogen-bond acceptors (Lipinski definition) is 5. The van der Waals surface area contributed by atoms with Gasteiger partial charge in [-0.15, -0.1) is 0 Å². The first-order valence-electron chi connectivity index (χ1n) is 6.62. The number of benzene rings is 1. The van der Waals surface area contributed by atoms with Gasteiger partial charge in [0, 0.05) is 17.7 Å². The molecule has 1 amide bonds. The minimum absolute atomic E-state index is 0.291. The molecule has 2 N–H and O–H groups in total. The Hall–Kier alpha value is -2.83. The minimum Gasteiger partial charge on any atom is -0.482 e. The van der Waals surface area contributed by atoms with Crippen molar-refractivity contribution in [1.82, 2.24) is 10.5 Å². The first-order valence-corrected chi connectivity index (χ1v) is 6.62. The van der Waals surface area contributed by atoms with Gasteiger partial charge in [-0.25, -0.2) is 4.79 Å². The lowest BCUT2D eigenvalue weighted by Crippen LogP contribution is -2.23. The van der Waals surface area contributed by atoms with Crippen molar-refractivity contribution in [2.45, 2.75) is 20.4 Å². The van der Waals surface area contributed by atoms with Gasteiger partial charge in [0.1, 0.15) is 11.5 Å². The summed E-state index contributed by atoms with van der Waals surface area (Å²) in [5, 5.41) is 15.2. The van der Waals surface area contributed by atoms with E-state index >= 15 is 0 Å². The summed E-state index contributed by atoms with van der Waals surface area (Å²) < 4.78 is 10.1. The Morgan fingerprint density at radius 1 is 1.36 bits per heavy atom. The monoisotopic (exact) mass is 304 g/mol. The molecule has 0 aliphatic heterocycles. The molecule has 0 saturated carbocycles. The lowest BCUT2D eigenvalue weighted by atomic mass is 10.1. The zero-order valence-corrected chi connectivity index (χ0v) is 12.3. The summed E-state index contributed by atoms with van der Waals surface area (Å²) in [6.45, 7) is 3.44. The molecule has 0 radical (unpaired) electrons. The molecule has 0 fully saturated rings. The van der Waals surface area contributed by atoms with Crippen LogP contribution in [0.2, 0.25) is 0 Å². The van der Waals surface area contributed by atoms with Crippen LogP contribution in [0.3, 0.4) is 0 Å². The van der Waals surface area contributed by atoms with Crippen LogP contribution in [0.4, 0.5) is 0 Å². The van der Waals surface area contributed by atoms with Crippen LogP contribution in [-0.4, -0.2) is 28.7 Å². The van der Waals surface area contributed by atoms with Crippen molar-refractivity contribution in [3.8, 4) is 5.75 Å². The number of carboxylic acids is 1. The topological polar surface area (TPSA) is 102 Å². The fourth-order valence-electron chi connectivity index (χ4n) is 1.90. The molecule has 2 aromatic rings. The van der Waals surface area contributed by atoms with Crippen molar-refractivity contribution < 1.29 is 24.0 Å². The van der Waals surface area contributed by atoms with E-state index in [-0.39, 0.29) is 5.91 Å². The standard InChI is InChI=1S/C15H16N2O5/c1-9-13(10(2)22-17-9)7-16-15(20)11-4-3-5-12(6-11)21-8-14(18)19/h3-6H,7-8H2,1-2H3,(H,16,20)(H,18,19). The molecule has 7 heteroatoms. The summed E-state index contributed by atoms with van der Waals surface area (Å²) in [6, 6.07) is 6.33. The number of nitrogens with zero attached hydrogens (tertiary/aromatic N) is 1. The molecule has 0 saturated heterocycles. The summed E-state index contributed by atoms with van der Waals surface area (Å²) in [7, 11) is 0. The molecule has 0 atom stereocenters. The fraction of sp³-hybridized carbons (Fsp3) is 0.267. The smallest absolute Gasteiger partial charge is 0.341 e. The maximum Gasteiger partial charge on any atom is 0.341 e. The molecule has 0 aliphatic rings. The van der Waals surface area contributed by atoms with Crippen LogP contribution in [0.25, 0.3) is 0 Å². The highest BCUT2D eigenvalue weighted by atomic mass is 16.5. The number of aromatic nitrogens is 1. The van der Waals surface area contributed by atoms with Gasteiger partial charge in [0.25, 0.3) is 5.91 Å². The number of amides is 1. The molecule has 1 heterocycles.